The Bertz CT molecular complexity index is 266. The quantitative estimate of drug-likeness (QED) is 0.729. The fourth-order valence-corrected chi connectivity index (χ4v) is 2.26. The minimum atomic E-state index is -1.21. The molecule has 0 aliphatic rings. The molecule has 0 aliphatic heterocycles. The Morgan fingerprint density at radius 2 is 1.69 bits per heavy atom. The van der Waals surface area contributed by atoms with E-state index < -0.39 is 8.07 Å². The van der Waals surface area contributed by atoms with Crippen LogP contribution >= 0.6 is 0 Å². The predicted molar refractivity (Wildman–Crippen MR) is 58.0 cm³/mol. The largest absolute Gasteiger partial charge is 0.569 e. The van der Waals surface area contributed by atoms with E-state index in [1.54, 1.807) is 0 Å². The molecule has 0 saturated carbocycles. The van der Waals surface area contributed by atoms with Crippen LogP contribution in [0.4, 0.5) is 0 Å². The van der Waals surface area contributed by atoms with Gasteiger partial charge in [0.2, 0.25) is 0 Å². The predicted octanol–water partition coefficient (Wildman–Crippen LogP) is 1.14. The average molecular weight is 193 g/mol. The molecule has 0 atom stereocenters. The Hall–Kier alpha value is -0.738. The van der Waals surface area contributed by atoms with E-state index in [9.17, 15) is 0 Å². The second-order valence-electron chi connectivity index (χ2n) is 4.00. The highest BCUT2D eigenvalue weighted by Crippen LogP contribution is 2.09. The molecule has 0 bridgehead atoms. The van der Waals surface area contributed by atoms with Gasteiger partial charge in [-0.25, -0.2) is 0 Å². The van der Waals surface area contributed by atoms with Crippen LogP contribution in [-0.2, 0) is 0 Å². The van der Waals surface area contributed by atoms with Gasteiger partial charge in [-0.1, -0.05) is 37.0 Å². The monoisotopic (exact) mass is 193 g/mol. The lowest BCUT2D eigenvalue weighted by Crippen LogP contribution is -2.37. The van der Waals surface area contributed by atoms with Gasteiger partial charge in [-0.15, -0.1) is 0 Å². The first kappa shape index (κ1) is 10.3. The molecule has 0 aliphatic carbocycles. The zero-order valence-corrected chi connectivity index (χ0v) is 9.24. The second-order valence-corrected chi connectivity index (χ2v) is 9.07. The van der Waals surface area contributed by atoms with Crippen molar-refractivity contribution in [1.29, 1.82) is 0 Å². The fourth-order valence-electron chi connectivity index (χ4n) is 1.09. The van der Waals surface area contributed by atoms with Gasteiger partial charge in [0.15, 0.2) is 0 Å². The lowest BCUT2D eigenvalue weighted by Gasteiger charge is -2.16. The molecule has 0 heterocycles. The summed E-state index contributed by atoms with van der Waals surface area (Å²) in [6.45, 7) is 6.88. The van der Waals surface area contributed by atoms with Crippen molar-refractivity contribution in [3.8, 4) is 5.75 Å². The number of hydrogen-bond donors (Lipinski definition) is 1. The number of hydrogen-bond acceptors (Lipinski definition) is 2. The van der Waals surface area contributed by atoms with Crippen molar-refractivity contribution in [2.24, 2.45) is 0 Å². The summed E-state index contributed by atoms with van der Waals surface area (Å²) in [5.74, 6) is 0.671. The van der Waals surface area contributed by atoms with Crippen LogP contribution in [0.3, 0.4) is 0 Å². The minimum Gasteiger partial charge on any atom is -0.537 e. The Kier molecular flexibility index (Phi) is 3.17. The van der Waals surface area contributed by atoms with E-state index in [1.807, 2.05) is 12.1 Å². The first-order valence-corrected chi connectivity index (χ1v) is 7.77. The fraction of sp³-hybridized carbons (Fsp3) is 0.333. The van der Waals surface area contributed by atoms with Gasteiger partial charge < -0.3 is 9.68 Å². The van der Waals surface area contributed by atoms with E-state index >= 15 is 0 Å². The molecule has 0 spiro atoms. The summed E-state index contributed by atoms with van der Waals surface area (Å²) in [4.78, 5) is 0. The maximum Gasteiger partial charge on any atom is 0.569 e. The maximum atomic E-state index is 8.41. The molecular weight excluding hydrogens is 179 g/mol. The molecular formula is C9H14BO2Si. The van der Waals surface area contributed by atoms with Gasteiger partial charge in [-0.3, -0.25) is 0 Å². The van der Waals surface area contributed by atoms with E-state index in [1.165, 1.54) is 5.19 Å². The molecule has 1 N–H and O–H groups in total. The van der Waals surface area contributed by atoms with Gasteiger partial charge in [-0.05, 0) is 12.1 Å². The second kappa shape index (κ2) is 3.98. The molecule has 69 valence electrons. The van der Waals surface area contributed by atoms with Gasteiger partial charge in [0.1, 0.15) is 0 Å². The van der Waals surface area contributed by atoms with Gasteiger partial charge >= 0.3 is 7.69 Å². The van der Waals surface area contributed by atoms with Crippen molar-refractivity contribution < 1.29 is 9.68 Å². The van der Waals surface area contributed by atoms with Crippen molar-refractivity contribution in [3.05, 3.63) is 24.3 Å². The summed E-state index contributed by atoms with van der Waals surface area (Å²) < 4.78 is 4.82. The first-order chi connectivity index (χ1) is 6.04. The third-order valence-corrected chi connectivity index (χ3v) is 3.97. The summed E-state index contributed by atoms with van der Waals surface area (Å²) in [6.07, 6.45) is 0. The van der Waals surface area contributed by atoms with Crippen LogP contribution in [0.15, 0.2) is 24.3 Å². The molecule has 13 heavy (non-hydrogen) atoms. The summed E-state index contributed by atoms with van der Waals surface area (Å²) in [6, 6.07) is 7.87. The third kappa shape index (κ3) is 2.90. The van der Waals surface area contributed by atoms with E-state index in [4.69, 9.17) is 9.68 Å². The molecule has 1 radical (unpaired) electrons. The SMILES string of the molecule is C[Si](C)(C)c1ccc(O[B]O)cc1. The Morgan fingerprint density at radius 3 is 2.08 bits per heavy atom. The molecule has 0 unspecified atom stereocenters. The normalized spacial score (nSPS) is 11.1. The lowest BCUT2D eigenvalue weighted by molar-refractivity contribution is 0.454. The van der Waals surface area contributed by atoms with E-state index in [2.05, 4.69) is 31.8 Å². The van der Waals surface area contributed by atoms with Crippen LogP contribution in [0.1, 0.15) is 0 Å². The van der Waals surface area contributed by atoms with Crippen molar-refractivity contribution in [2.45, 2.75) is 19.6 Å². The van der Waals surface area contributed by atoms with Crippen LogP contribution in [0.2, 0.25) is 19.6 Å². The van der Waals surface area contributed by atoms with E-state index in [0.717, 1.165) is 0 Å². The minimum absolute atomic E-state index is 0.671. The summed E-state index contributed by atoms with van der Waals surface area (Å²) in [7, 11) is -0.510. The Labute approximate surface area is 80.9 Å². The molecule has 4 heteroatoms. The molecule has 0 aromatic heterocycles. The van der Waals surface area contributed by atoms with Gasteiger partial charge in [0, 0.05) is 0 Å². The van der Waals surface area contributed by atoms with Gasteiger partial charge in [0.05, 0.1) is 13.8 Å². The molecule has 1 aromatic carbocycles. The topological polar surface area (TPSA) is 29.5 Å². The van der Waals surface area contributed by atoms with E-state index in [0.29, 0.717) is 13.4 Å². The Balaban J connectivity index is 2.81. The highest BCUT2D eigenvalue weighted by molar-refractivity contribution is 6.88. The molecule has 0 saturated heterocycles. The number of benzene rings is 1. The standard InChI is InChI=1S/C9H14BO2Si/c1-13(2,3)9-6-4-8(5-7-9)12-10-11/h4-7,11H,1-3H3. The molecule has 2 nitrogen and oxygen atoms in total. The van der Waals surface area contributed by atoms with Crippen LogP contribution in [0.25, 0.3) is 0 Å². The number of rotatable bonds is 3. The first-order valence-electron chi connectivity index (χ1n) is 4.27. The summed E-state index contributed by atoms with van der Waals surface area (Å²) in [5.41, 5.74) is 0. The van der Waals surface area contributed by atoms with E-state index in [-0.39, 0.29) is 0 Å². The molecule has 1 rings (SSSR count). The maximum absolute atomic E-state index is 8.41. The Morgan fingerprint density at radius 1 is 1.15 bits per heavy atom. The average Bonchev–Trinajstić information content (AvgIpc) is 2.04. The third-order valence-electron chi connectivity index (χ3n) is 1.91. The van der Waals surface area contributed by atoms with Crippen LogP contribution < -0.4 is 9.84 Å². The van der Waals surface area contributed by atoms with Crippen LogP contribution in [0, 0.1) is 0 Å². The van der Waals surface area contributed by atoms with Crippen LogP contribution in [0.5, 0.6) is 5.75 Å². The van der Waals surface area contributed by atoms with Crippen molar-refractivity contribution in [3.63, 3.8) is 0 Å². The molecule has 0 fully saturated rings. The molecule has 1 aromatic rings. The highest BCUT2D eigenvalue weighted by Gasteiger charge is 2.15. The summed E-state index contributed by atoms with van der Waals surface area (Å²) in [5, 5.41) is 9.80. The van der Waals surface area contributed by atoms with Crippen molar-refractivity contribution in [2.75, 3.05) is 0 Å². The smallest absolute Gasteiger partial charge is 0.537 e. The van der Waals surface area contributed by atoms with Crippen LogP contribution in [-0.4, -0.2) is 20.8 Å². The van der Waals surface area contributed by atoms with Crippen molar-refractivity contribution in [1.82, 2.24) is 0 Å². The highest BCUT2D eigenvalue weighted by atomic mass is 28.3. The van der Waals surface area contributed by atoms with Gasteiger partial charge in [-0.2, -0.15) is 0 Å². The lowest BCUT2D eigenvalue weighted by atomic mass is 10.3. The zero-order valence-electron chi connectivity index (χ0n) is 8.24. The summed E-state index contributed by atoms with van der Waals surface area (Å²) >= 11 is 0. The molecule has 0 amide bonds. The zero-order chi connectivity index (χ0) is 9.90. The van der Waals surface area contributed by atoms with Gasteiger partial charge in [0.25, 0.3) is 0 Å². The van der Waals surface area contributed by atoms with Crippen molar-refractivity contribution >= 4 is 20.9 Å².